The van der Waals surface area contributed by atoms with Crippen molar-refractivity contribution in [2.24, 2.45) is 0 Å². The summed E-state index contributed by atoms with van der Waals surface area (Å²) < 4.78 is 15.7. The molecule has 19 heavy (non-hydrogen) atoms. The van der Waals surface area contributed by atoms with E-state index in [2.05, 4.69) is 0 Å². The van der Waals surface area contributed by atoms with Crippen LogP contribution in [0.4, 0.5) is 0 Å². The van der Waals surface area contributed by atoms with E-state index >= 15 is 0 Å². The first-order valence-corrected chi connectivity index (χ1v) is 6.53. The molecule has 0 fully saturated rings. The first-order chi connectivity index (χ1) is 8.70. The number of hydrogen-bond donors (Lipinski definition) is 0. The van der Waals surface area contributed by atoms with Gasteiger partial charge in [0.2, 0.25) is 5.52 Å². The molecule has 1 aromatic carbocycles. The largest absolute Gasteiger partial charge is 0.498 e. The monoisotopic (exact) mass is 273 g/mol. The van der Waals surface area contributed by atoms with Gasteiger partial charge in [0, 0.05) is 26.0 Å². The molecule has 0 saturated heterocycles. The van der Waals surface area contributed by atoms with Crippen molar-refractivity contribution in [1.29, 1.82) is 0 Å². The smallest absolute Gasteiger partial charge is 0.281 e. The van der Waals surface area contributed by atoms with E-state index in [1.54, 1.807) is 7.11 Å². The zero-order valence-corrected chi connectivity index (χ0v) is 12.3. The zero-order valence-electron chi connectivity index (χ0n) is 11.3. The molecule has 97 valence electrons. The standard InChI is InChI=1S/C13H15O4P.Li/c1-15-10-8-13(16-2,17-9-10)12(14)18-11-6-4-3-5-7-11;/h3-7,9,18H,8H2,1-2H3;. The fourth-order valence-electron chi connectivity index (χ4n) is 1.69. The van der Waals surface area contributed by atoms with E-state index < -0.39 is 5.79 Å². The summed E-state index contributed by atoms with van der Waals surface area (Å²) in [6.45, 7) is 0. The van der Waals surface area contributed by atoms with E-state index in [1.165, 1.54) is 13.4 Å². The number of ether oxygens (including phenoxy) is 3. The predicted molar refractivity (Wildman–Crippen MR) is 75.7 cm³/mol. The summed E-state index contributed by atoms with van der Waals surface area (Å²) in [6, 6.07) is 9.56. The van der Waals surface area contributed by atoms with Crippen molar-refractivity contribution in [3.05, 3.63) is 42.4 Å². The van der Waals surface area contributed by atoms with Crippen molar-refractivity contribution >= 4 is 38.3 Å². The molecule has 0 saturated carbocycles. The fraction of sp³-hybridized carbons (Fsp3) is 0.308. The Morgan fingerprint density at radius 3 is 2.53 bits per heavy atom. The van der Waals surface area contributed by atoms with Crippen molar-refractivity contribution in [3.63, 3.8) is 0 Å². The normalized spacial score (nSPS) is 21.7. The number of benzene rings is 1. The van der Waals surface area contributed by atoms with Crippen LogP contribution in [0.2, 0.25) is 0 Å². The number of hydrogen-bond acceptors (Lipinski definition) is 4. The first-order valence-electron chi connectivity index (χ1n) is 5.53. The molecule has 0 N–H and O–H groups in total. The second-order valence-electron chi connectivity index (χ2n) is 3.86. The molecule has 1 aliphatic heterocycles. The van der Waals surface area contributed by atoms with E-state index in [1.807, 2.05) is 30.3 Å². The van der Waals surface area contributed by atoms with Crippen LogP contribution in [0.1, 0.15) is 6.42 Å². The summed E-state index contributed by atoms with van der Waals surface area (Å²) >= 11 is 0. The Kier molecular flexibility index (Phi) is 6.10. The molecule has 1 aliphatic rings. The minimum absolute atomic E-state index is 0. The molecule has 0 spiro atoms. The van der Waals surface area contributed by atoms with Crippen molar-refractivity contribution in [1.82, 2.24) is 0 Å². The van der Waals surface area contributed by atoms with Gasteiger partial charge in [0.15, 0.2) is 0 Å². The van der Waals surface area contributed by atoms with Gasteiger partial charge in [-0.1, -0.05) is 30.3 Å². The molecular weight excluding hydrogens is 258 g/mol. The Labute approximate surface area is 126 Å². The maximum absolute atomic E-state index is 12.3. The Balaban J connectivity index is 0.00000180. The van der Waals surface area contributed by atoms with Crippen LogP contribution in [0.15, 0.2) is 42.4 Å². The Morgan fingerprint density at radius 2 is 2.00 bits per heavy atom. The molecule has 2 atom stereocenters. The second-order valence-corrected chi connectivity index (χ2v) is 5.14. The third-order valence-corrected chi connectivity index (χ3v) is 3.99. The van der Waals surface area contributed by atoms with Gasteiger partial charge in [-0.05, 0) is 13.9 Å². The van der Waals surface area contributed by atoms with E-state index in [0.717, 1.165) is 5.30 Å². The second kappa shape index (κ2) is 7.12. The van der Waals surface area contributed by atoms with Crippen LogP contribution in [-0.4, -0.2) is 44.4 Å². The van der Waals surface area contributed by atoms with Gasteiger partial charge in [-0.15, -0.1) is 0 Å². The topological polar surface area (TPSA) is 44.8 Å². The molecule has 2 unspecified atom stereocenters. The van der Waals surface area contributed by atoms with Gasteiger partial charge in [-0.25, -0.2) is 0 Å². The maximum atomic E-state index is 12.3. The predicted octanol–water partition coefficient (Wildman–Crippen LogP) is 1.39. The number of methoxy groups -OCH3 is 2. The van der Waals surface area contributed by atoms with Crippen LogP contribution in [0.3, 0.4) is 0 Å². The third-order valence-electron chi connectivity index (χ3n) is 2.76. The van der Waals surface area contributed by atoms with Gasteiger partial charge in [-0.3, -0.25) is 4.79 Å². The summed E-state index contributed by atoms with van der Waals surface area (Å²) in [5.74, 6) is -0.609. The van der Waals surface area contributed by atoms with E-state index in [9.17, 15) is 4.79 Å². The Hall–Kier alpha value is -0.783. The molecule has 6 heteroatoms. The van der Waals surface area contributed by atoms with Gasteiger partial charge in [0.1, 0.15) is 12.0 Å². The summed E-state index contributed by atoms with van der Waals surface area (Å²) in [6.07, 6.45) is 1.76. The average Bonchev–Trinajstić information content (AvgIpc) is 2.85. The quantitative estimate of drug-likeness (QED) is 0.600. The van der Waals surface area contributed by atoms with Crippen LogP contribution >= 0.6 is 8.58 Å². The van der Waals surface area contributed by atoms with Gasteiger partial charge in [0.05, 0.1) is 13.5 Å². The van der Waals surface area contributed by atoms with Crippen molar-refractivity contribution in [2.45, 2.75) is 12.2 Å². The number of carbonyl (C=O) groups is 1. The van der Waals surface area contributed by atoms with Gasteiger partial charge in [-0.2, -0.15) is 0 Å². The number of carbonyl (C=O) groups excluding carboxylic acids is 1. The Bertz CT molecular complexity index is 463. The molecule has 1 heterocycles. The van der Waals surface area contributed by atoms with Crippen LogP contribution < -0.4 is 5.30 Å². The fourth-order valence-corrected chi connectivity index (χ4v) is 2.75. The van der Waals surface area contributed by atoms with Gasteiger partial charge in [0.25, 0.3) is 5.79 Å². The van der Waals surface area contributed by atoms with Crippen molar-refractivity contribution < 1.29 is 19.0 Å². The van der Waals surface area contributed by atoms with E-state index in [0.29, 0.717) is 12.2 Å². The molecule has 0 aliphatic carbocycles. The van der Waals surface area contributed by atoms with E-state index in [4.69, 9.17) is 14.2 Å². The van der Waals surface area contributed by atoms with Crippen molar-refractivity contribution in [3.8, 4) is 0 Å². The molecule has 1 radical (unpaired) electrons. The SMILES string of the molecule is COC1=COC(OC)(C(=O)Pc2ccccc2)C1.[Li]. The summed E-state index contributed by atoms with van der Waals surface area (Å²) in [7, 11) is 3.02. The maximum Gasteiger partial charge on any atom is 0.281 e. The molecule has 4 nitrogen and oxygen atoms in total. The van der Waals surface area contributed by atoms with Crippen molar-refractivity contribution in [2.75, 3.05) is 14.2 Å². The molecule has 0 aromatic heterocycles. The third kappa shape index (κ3) is 3.61. The van der Waals surface area contributed by atoms with Gasteiger partial charge >= 0.3 is 0 Å². The Morgan fingerprint density at radius 1 is 1.32 bits per heavy atom. The molecular formula is C13H15LiO4P. The molecule has 0 amide bonds. The molecule has 2 rings (SSSR count). The first kappa shape index (κ1) is 16.3. The van der Waals surface area contributed by atoms with Gasteiger partial charge < -0.3 is 14.2 Å². The van der Waals surface area contributed by atoms with E-state index in [-0.39, 0.29) is 33.0 Å². The molecule has 1 aromatic rings. The minimum Gasteiger partial charge on any atom is -0.498 e. The number of rotatable bonds is 5. The molecule has 0 bridgehead atoms. The van der Waals surface area contributed by atoms with Crippen LogP contribution in [-0.2, 0) is 19.0 Å². The average molecular weight is 273 g/mol. The summed E-state index contributed by atoms with van der Waals surface area (Å²) in [5, 5.41) is 0.966. The van der Waals surface area contributed by atoms with Crippen LogP contribution in [0.25, 0.3) is 0 Å². The zero-order chi connectivity index (χ0) is 13.0. The summed E-state index contributed by atoms with van der Waals surface area (Å²) in [4.78, 5) is 12.3. The van der Waals surface area contributed by atoms with Crippen LogP contribution in [0.5, 0.6) is 0 Å². The summed E-state index contributed by atoms with van der Waals surface area (Å²) in [5.41, 5.74) is -0.0838. The van der Waals surface area contributed by atoms with Crippen LogP contribution in [0, 0.1) is 0 Å². The minimum atomic E-state index is -1.22.